The molecule has 1 aliphatic heterocycles. The molecule has 0 saturated carbocycles. The lowest BCUT2D eigenvalue weighted by atomic mass is 9.78. The number of hydrogen-bond donors (Lipinski definition) is 0. The van der Waals surface area contributed by atoms with Gasteiger partial charge in [-0.2, -0.15) is 0 Å². The van der Waals surface area contributed by atoms with Crippen LogP contribution in [-0.2, 0) is 19.6 Å². The lowest BCUT2D eigenvalue weighted by Crippen LogP contribution is -2.41. The van der Waals surface area contributed by atoms with Crippen LogP contribution in [0.2, 0.25) is 0 Å². The predicted molar refractivity (Wildman–Crippen MR) is 108 cm³/mol. The van der Waals surface area contributed by atoms with Gasteiger partial charge >= 0.3 is 7.12 Å². The largest absolute Gasteiger partial charge is 0.494 e. The van der Waals surface area contributed by atoms with Crippen LogP contribution in [0, 0.1) is 0 Å². The molecular weight excluding hydrogens is 339 g/mol. The maximum atomic E-state index is 6.15. The third-order valence-electron chi connectivity index (χ3n) is 5.52. The van der Waals surface area contributed by atoms with E-state index in [-0.39, 0.29) is 11.2 Å². The Hall–Kier alpha value is -1.76. The molecule has 144 valence electrons. The number of rotatable bonds is 5. The van der Waals surface area contributed by atoms with E-state index in [0.29, 0.717) is 12.4 Å². The first-order valence-electron chi connectivity index (χ1n) is 9.48. The Balaban J connectivity index is 1.84. The van der Waals surface area contributed by atoms with Gasteiger partial charge in [0.15, 0.2) is 5.82 Å². The Labute approximate surface area is 162 Å². The highest BCUT2D eigenvalue weighted by atomic mass is 16.7. The van der Waals surface area contributed by atoms with Crippen molar-refractivity contribution in [2.45, 2.75) is 65.3 Å². The second kappa shape index (κ2) is 7.00. The minimum absolute atomic E-state index is 0.364. The zero-order valence-corrected chi connectivity index (χ0v) is 17.4. The van der Waals surface area contributed by atoms with Crippen molar-refractivity contribution in [1.29, 1.82) is 0 Å². The number of benzene rings is 1. The van der Waals surface area contributed by atoms with Gasteiger partial charge in [-0.1, -0.05) is 24.3 Å². The molecule has 1 aromatic carbocycles. The molecule has 0 spiro atoms. The molecule has 3 rings (SSSR count). The van der Waals surface area contributed by atoms with Crippen LogP contribution < -0.4 is 5.46 Å². The first-order chi connectivity index (χ1) is 12.6. The average Bonchev–Trinajstić information content (AvgIpc) is 2.83. The van der Waals surface area contributed by atoms with Gasteiger partial charge in [-0.05, 0) is 53.9 Å². The molecule has 27 heavy (non-hydrogen) atoms. The molecule has 1 aromatic heterocycles. The Morgan fingerprint density at radius 1 is 1.04 bits per heavy atom. The normalized spacial score (nSPS) is 18.7. The molecule has 0 unspecified atom stereocenters. The van der Waals surface area contributed by atoms with Gasteiger partial charge in [0, 0.05) is 30.1 Å². The van der Waals surface area contributed by atoms with Crippen molar-refractivity contribution in [3.05, 3.63) is 42.2 Å². The van der Waals surface area contributed by atoms with Crippen LogP contribution in [0.1, 0.15) is 54.0 Å². The molecule has 2 aromatic rings. The fourth-order valence-corrected chi connectivity index (χ4v) is 3.04. The second-order valence-electron chi connectivity index (χ2n) is 8.45. The number of nitrogens with zero attached hydrogens (tertiary/aromatic N) is 2. The first kappa shape index (κ1) is 20.0. The smallest absolute Gasteiger partial charge is 0.399 e. The quantitative estimate of drug-likeness (QED) is 0.753. The summed E-state index contributed by atoms with van der Waals surface area (Å²) in [4.78, 5) is 9.10. The molecule has 0 bridgehead atoms. The SMILES string of the molecule is CCOC(C)(C)c1cnc(-c2cccc(B3OC(C)(C)C(C)(C)O3)c2)nc1. The van der Waals surface area contributed by atoms with E-state index >= 15 is 0 Å². The van der Waals surface area contributed by atoms with Crippen LogP contribution in [0.3, 0.4) is 0 Å². The van der Waals surface area contributed by atoms with E-state index in [1.165, 1.54) is 0 Å². The Morgan fingerprint density at radius 3 is 2.19 bits per heavy atom. The minimum atomic E-state index is -0.405. The van der Waals surface area contributed by atoms with E-state index in [1.54, 1.807) is 0 Å². The van der Waals surface area contributed by atoms with E-state index in [1.807, 2.05) is 57.4 Å². The fourth-order valence-electron chi connectivity index (χ4n) is 3.04. The van der Waals surface area contributed by atoms with E-state index in [0.717, 1.165) is 16.6 Å². The van der Waals surface area contributed by atoms with Gasteiger partial charge in [-0.15, -0.1) is 0 Å². The summed E-state index contributed by atoms with van der Waals surface area (Å²) >= 11 is 0. The van der Waals surface area contributed by atoms with Crippen molar-refractivity contribution in [2.24, 2.45) is 0 Å². The summed E-state index contributed by atoms with van der Waals surface area (Å²) in [6.07, 6.45) is 3.67. The topological polar surface area (TPSA) is 53.5 Å². The Bertz CT molecular complexity index is 787. The van der Waals surface area contributed by atoms with Crippen molar-refractivity contribution < 1.29 is 14.0 Å². The van der Waals surface area contributed by atoms with Crippen LogP contribution in [0.15, 0.2) is 36.7 Å². The fraction of sp³-hybridized carbons (Fsp3) is 0.524. The highest BCUT2D eigenvalue weighted by Gasteiger charge is 2.51. The third kappa shape index (κ3) is 3.93. The van der Waals surface area contributed by atoms with E-state index in [4.69, 9.17) is 14.0 Å². The van der Waals surface area contributed by atoms with Crippen LogP contribution in [0.25, 0.3) is 11.4 Å². The van der Waals surface area contributed by atoms with Crippen LogP contribution in [0.4, 0.5) is 0 Å². The van der Waals surface area contributed by atoms with Gasteiger partial charge < -0.3 is 14.0 Å². The van der Waals surface area contributed by atoms with Crippen LogP contribution in [0.5, 0.6) is 0 Å². The predicted octanol–water partition coefficient (Wildman–Crippen LogP) is 3.71. The number of aromatic nitrogens is 2. The second-order valence-corrected chi connectivity index (χ2v) is 8.45. The van der Waals surface area contributed by atoms with Gasteiger partial charge in [0.05, 0.1) is 16.8 Å². The summed E-state index contributed by atoms with van der Waals surface area (Å²) < 4.78 is 18.1. The zero-order chi connectivity index (χ0) is 19.9. The van der Waals surface area contributed by atoms with Crippen molar-refractivity contribution in [3.63, 3.8) is 0 Å². The zero-order valence-electron chi connectivity index (χ0n) is 17.4. The van der Waals surface area contributed by atoms with Crippen molar-refractivity contribution >= 4 is 12.6 Å². The van der Waals surface area contributed by atoms with Gasteiger partial charge in [-0.25, -0.2) is 9.97 Å². The Kier molecular flexibility index (Phi) is 5.19. The van der Waals surface area contributed by atoms with Crippen molar-refractivity contribution in [1.82, 2.24) is 9.97 Å². The average molecular weight is 368 g/mol. The summed E-state index contributed by atoms with van der Waals surface area (Å²) in [6.45, 7) is 14.9. The minimum Gasteiger partial charge on any atom is -0.399 e. The van der Waals surface area contributed by atoms with E-state index in [2.05, 4.69) is 37.7 Å². The highest BCUT2D eigenvalue weighted by molar-refractivity contribution is 6.62. The molecular formula is C21H29BN2O3. The van der Waals surface area contributed by atoms with Crippen molar-refractivity contribution in [3.8, 4) is 11.4 Å². The lowest BCUT2D eigenvalue weighted by Gasteiger charge is -2.32. The molecule has 1 saturated heterocycles. The monoisotopic (exact) mass is 368 g/mol. The molecule has 0 aliphatic carbocycles. The Morgan fingerprint density at radius 2 is 1.63 bits per heavy atom. The maximum absolute atomic E-state index is 6.15. The van der Waals surface area contributed by atoms with Gasteiger partial charge in [-0.3, -0.25) is 0 Å². The number of ether oxygens (including phenoxy) is 1. The maximum Gasteiger partial charge on any atom is 0.494 e. The molecule has 0 N–H and O–H groups in total. The summed E-state index contributed by atoms with van der Waals surface area (Å²) in [5.41, 5.74) is 1.72. The first-order valence-corrected chi connectivity index (χ1v) is 9.48. The molecule has 6 heteroatoms. The van der Waals surface area contributed by atoms with Crippen LogP contribution >= 0.6 is 0 Å². The molecule has 2 heterocycles. The van der Waals surface area contributed by atoms with Gasteiger partial charge in [0.25, 0.3) is 0 Å². The third-order valence-corrected chi connectivity index (χ3v) is 5.52. The molecule has 5 nitrogen and oxygen atoms in total. The standard InChI is InChI=1S/C21H29BN2O3/c1-8-25-19(2,3)16-13-23-18(24-14-16)15-10-9-11-17(12-15)22-26-20(4,5)21(6,7)27-22/h9-14H,8H2,1-7H3. The van der Waals surface area contributed by atoms with Crippen molar-refractivity contribution in [2.75, 3.05) is 6.61 Å². The van der Waals surface area contributed by atoms with Gasteiger partial charge in [0.1, 0.15) is 0 Å². The van der Waals surface area contributed by atoms with Gasteiger partial charge in [0.2, 0.25) is 0 Å². The summed E-state index contributed by atoms with van der Waals surface area (Å²) in [6, 6.07) is 8.03. The molecule has 1 aliphatic rings. The summed E-state index contributed by atoms with van der Waals surface area (Å²) in [5.74, 6) is 0.671. The summed E-state index contributed by atoms with van der Waals surface area (Å²) in [5, 5.41) is 0. The number of hydrogen-bond acceptors (Lipinski definition) is 5. The summed E-state index contributed by atoms with van der Waals surface area (Å²) in [7, 11) is -0.397. The highest BCUT2D eigenvalue weighted by Crippen LogP contribution is 2.36. The van der Waals surface area contributed by atoms with Crippen LogP contribution in [-0.4, -0.2) is 34.9 Å². The molecule has 0 radical (unpaired) electrons. The molecule has 0 atom stereocenters. The molecule has 1 fully saturated rings. The van der Waals surface area contributed by atoms with E-state index in [9.17, 15) is 0 Å². The van der Waals surface area contributed by atoms with E-state index < -0.39 is 12.7 Å². The lowest BCUT2D eigenvalue weighted by molar-refractivity contribution is -0.0145. The molecule has 0 amide bonds.